The zero-order chi connectivity index (χ0) is 22.3. The number of aromatic nitrogens is 3. The highest BCUT2D eigenvalue weighted by Gasteiger charge is 2.15. The number of rotatable bonds is 8. The molecule has 4 rings (SSSR count). The lowest BCUT2D eigenvalue weighted by atomic mass is 10.2. The van der Waals surface area contributed by atoms with Gasteiger partial charge < -0.3 is 19.2 Å². The molecule has 9 heteroatoms. The van der Waals surface area contributed by atoms with E-state index in [4.69, 9.17) is 4.74 Å². The lowest BCUT2D eigenvalue weighted by Gasteiger charge is -2.09. The number of para-hydroxylation sites is 3. The van der Waals surface area contributed by atoms with Gasteiger partial charge in [-0.2, -0.15) is 5.10 Å². The zero-order valence-corrected chi connectivity index (χ0v) is 16.8. The summed E-state index contributed by atoms with van der Waals surface area (Å²) in [5.41, 5.74) is 5.20. The molecule has 0 saturated carbocycles. The van der Waals surface area contributed by atoms with E-state index in [2.05, 4.69) is 20.5 Å². The van der Waals surface area contributed by atoms with Crippen LogP contribution in [0.5, 0.6) is 5.75 Å². The number of carboxylic acid groups (broad SMARTS) is 1. The van der Waals surface area contributed by atoms with Crippen molar-refractivity contribution in [3.63, 3.8) is 0 Å². The van der Waals surface area contributed by atoms with Gasteiger partial charge in [0.2, 0.25) is 0 Å². The summed E-state index contributed by atoms with van der Waals surface area (Å²) >= 11 is 0. The van der Waals surface area contributed by atoms with E-state index >= 15 is 0 Å². The summed E-state index contributed by atoms with van der Waals surface area (Å²) in [6.07, 6.45) is 3.05. The fourth-order valence-corrected chi connectivity index (χ4v) is 3.13. The van der Waals surface area contributed by atoms with Gasteiger partial charge in [0.1, 0.15) is 24.6 Å². The van der Waals surface area contributed by atoms with E-state index in [1.54, 1.807) is 35.0 Å². The summed E-state index contributed by atoms with van der Waals surface area (Å²) in [5.74, 6) is -0.810. The largest absolute Gasteiger partial charge is 0.546 e. The van der Waals surface area contributed by atoms with Crippen LogP contribution in [0.3, 0.4) is 0 Å². The van der Waals surface area contributed by atoms with E-state index in [1.165, 1.54) is 6.21 Å². The maximum absolute atomic E-state index is 12.6. The summed E-state index contributed by atoms with van der Waals surface area (Å²) in [7, 11) is 0. The van der Waals surface area contributed by atoms with Crippen molar-refractivity contribution in [3.05, 3.63) is 78.5 Å². The van der Waals surface area contributed by atoms with Gasteiger partial charge in [0, 0.05) is 11.8 Å². The minimum Gasteiger partial charge on any atom is -0.546 e. The zero-order valence-electron chi connectivity index (χ0n) is 16.8. The second-order valence-corrected chi connectivity index (χ2v) is 6.72. The third-order valence-corrected chi connectivity index (χ3v) is 4.51. The highest BCUT2D eigenvalue weighted by molar-refractivity contribution is 5.87. The standard InChI is InChI=1S/C23H19N5O4/c29-21(27-25-13-16-7-1-4-11-20(16)32-15-22(30)31)14-28-19-10-3-2-8-17(19)26-23(28)18-9-5-6-12-24-18/h1-13H,14-15H2,(H,27,29)(H,30,31)/p-1. The van der Waals surface area contributed by atoms with Crippen molar-refractivity contribution >= 4 is 29.1 Å². The van der Waals surface area contributed by atoms with E-state index in [0.29, 0.717) is 22.8 Å². The maximum atomic E-state index is 12.6. The van der Waals surface area contributed by atoms with E-state index in [1.807, 2.05) is 42.5 Å². The number of benzene rings is 2. The van der Waals surface area contributed by atoms with Gasteiger partial charge in [0.25, 0.3) is 5.91 Å². The third-order valence-electron chi connectivity index (χ3n) is 4.51. The molecule has 0 aliphatic carbocycles. The van der Waals surface area contributed by atoms with Gasteiger partial charge in [-0.05, 0) is 36.4 Å². The Balaban J connectivity index is 1.52. The van der Waals surface area contributed by atoms with Gasteiger partial charge in [0.05, 0.1) is 23.2 Å². The first kappa shape index (κ1) is 20.7. The average Bonchev–Trinajstić information content (AvgIpc) is 3.17. The molecule has 0 spiro atoms. The van der Waals surface area contributed by atoms with Crippen molar-refractivity contribution < 1.29 is 19.4 Å². The normalized spacial score (nSPS) is 11.0. The number of carboxylic acids is 1. The highest BCUT2D eigenvalue weighted by Crippen LogP contribution is 2.23. The minimum absolute atomic E-state index is 0.0212. The first-order valence-electron chi connectivity index (χ1n) is 9.72. The van der Waals surface area contributed by atoms with Crippen molar-refractivity contribution in [3.8, 4) is 17.3 Å². The fraction of sp³-hybridized carbons (Fsp3) is 0.0870. The number of amides is 1. The first-order valence-corrected chi connectivity index (χ1v) is 9.72. The van der Waals surface area contributed by atoms with Crippen molar-refractivity contribution in [1.29, 1.82) is 0 Å². The van der Waals surface area contributed by atoms with Crippen LogP contribution in [0.25, 0.3) is 22.6 Å². The van der Waals surface area contributed by atoms with Crippen molar-refractivity contribution in [2.45, 2.75) is 6.54 Å². The van der Waals surface area contributed by atoms with Crippen LogP contribution in [0.2, 0.25) is 0 Å². The molecule has 0 aliphatic heterocycles. The van der Waals surface area contributed by atoms with E-state index < -0.39 is 12.6 Å². The van der Waals surface area contributed by atoms with Crippen LogP contribution in [0.4, 0.5) is 0 Å². The molecule has 9 nitrogen and oxygen atoms in total. The molecule has 2 aromatic heterocycles. The SMILES string of the molecule is O=C([O-])COc1ccccc1C=NNC(=O)Cn1c(-c2ccccn2)nc2ccccc21. The van der Waals surface area contributed by atoms with Crippen molar-refractivity contribution in [2.75, 3.05) is 6.61 Å². The van der Waals surface area contributed by atoms with Crippen LogP contribution in [0.1, 0.15) is 5.56 Å². The van der Waals surface area contributed by atoms with Gasteiger partial charge in [0.15, 0.2) is 5.82 Å². The summed E-state index contributed by atoms with van der Waals surface area (Å²) < 4.78 is 6.95. The summed E-state index contributed by atoms with van der Waals surface area (Å²) in [4.78, 5) is 32.2. The molecule has 0 fully saturated rings. The van der Waals surface area contributed by atoms with Crippen molar-refractivity contribution in [1.82, 2.24) is 20.0 Å². The summed E-state index contributed by atoms with van der Waals surface area (Å²) in [6.45, 7) is -0.603. The quantitative estimate of drug-likeness (QED) is 0.334. The molecule has 2 heterocycles. The monoisotopic (exact) mass is 428 g/mol. The van der Waals surface area contributed by atoms with E-state index in [-0.39, 0.29) is 12.5 Å². The molecule has 0 saturated heterocycles. The van der Waals surface area contributed by atoms with Crippen LogP contribution in [-0.4, -0.2) is 39.2 Å². The molecule has 4 aromatic rings. The van der Waals surface area contributed by atoms with Gasteiger partial charge in [-0.1, -0.05) is 30.3 Å². The van der Waals surface area contributed by atoms with Crippen LogP contribution in [-0.2, 0) is 16.1 Å². The van der Waals surface area contributed by atoms with Gasteiger partial charge in [-0.3, -0.25) is 9.78 Å². The molecule has 0 unspecified atom stereocenters. The second-order valence-electron chi connectivity index (χ2n) is 6.72. The molecule has 32 heavy (non-hydrogen) atoms. The number of hydrogen-bond donors (Lipinski definition) is 1. The fourth-order valence-electron chi connectivity index (χ4n) is 3.13. The molecule has 160 valence electrons. The maximum Gasteiger partial charge on any atom is 0.260 e. The number of carbonyl (C=O) groups is 2. The Kier molecular flexibility index (Phi) is 6.17. The van der Waals surface area contributed by atoms with E-state index in [0.717, 1.165) is 11.0 Å². The molecule has 0 bridgehead atoms. The van der Waals surface area contributed by atoms with Crippen molar-refractivity contribution in [2.24, 2.45) is 5.10 Å². The lowest BCUT2D eigenvalue weighted by Crippen LogP contribution is -2.29. The number of carbonyl (C=O) groups excluding carboxylic acids is 2. The Labute approximate surface area is 183 Å². The number of aliphatic carboxylic acids is 1. The predicted molar refractivity (Wildman–Crippen MR) is 116 cm³/mol. The van der Waals surface area contributed by atoms with E-state index in [9.17, 15) is 14.7 Å². The Hall–Kier alpha value is -4.53. The van der Waals surface area contributed by atoms with Crippen LogP contribution >= 0.6 is 0 Å². The number of hydrazone groups is 1. The minimum atomic E-state index is -1.33. The number of hydrogen-bond acceptors (Lipinski definition) is 7. The van der Waals surface area contributed by atoms with Crippen LogP contribution in [0, 0.1) is 0 Å². The predicted octanol–water partition coefficient (Wildman–Crippen LogP) is 1.38. The third kappa shape index (κ3) is 4.78. The summed E-state index contributed by atoms with van der Waals surface area (Å²) in [6, 6.07) is 19.7. The van der Waals surface area contributed by atoms with Crippen LogP contribution < -0.4 is 15.3 Å². The second kappa shape index (κ2) is 9.52. The Bertz CT molecular complexity index is 1280. The number of nitrogens with one attached hydrogen (secondary N) is 1. The number of nitrogens with zero attached hydrogens (tertiary/aromatic N) is 4. The molecule has 1 amide bonds. The average molecular weight is 428 g/mol. The van der Waals surface area contributed by atoms with Gasteiger partial charge in [-0.25, -0.2) is 10.4 Å². The van der Waals surface area contributed by atoms with Gasteiger partial charge in [-0.15, -0.1) is 0 Å². The molecular formula is C23H18N5O4-. The highest BCUT2D eigenvalue weighted by atomic mass is 16.5. The molecule has 1 N–H and O–H groups in total. The number of pyridine rings is 1. The number of fused-ring (bicyclic) bond motifs is 1. The molecule has 0 atom stereocenters. The Morgan fingerprint density at radius 3 is 2.66 bits per heavy atom. The van der Waals surface area contributed by atoms with Crippen LogP contribution in [0.15, 0.2) is 78.0 Å². The summed E-state index contributed by atoms with van der Waals surface area (Å²) in [5, 5.41) is 14.6. The first-order chi connectivity index (χ1) is 15.6. The Morgan fingerprint density at radius 1 is 1.06 bits per heavy atom. The molecule has 2 aromatic carbocycles. The number of imidazole rings is 1. The molecule has 0 radical (unpaired) electrons. The van der Waals surface area contributed by atoms with Gasteiger partial charge >= 0.3 is 0 Å². The molecular weight excluding hydrogens is 410 g/mol. The molecule has 0 aliphatic rings. The topological polar surface area (TPSA) is 122 Å². The Morgan fingerprint density at radius 2 is 1.84 bits per heavy atom. The number of ether oxygens (including phenoxy) is 1. The lowest BCUT2D eigenvalue weighted by molar-refractivity contribution is -0.307. The smallest absolute Gasteiger partial charge is 0.260 e.